The third kappa shape index (κ3) is 3.05. The average Bonchev–Trinajstić information content (AvgIpc) is 2.67. The van der Waals surface area contributed by atoms with Crippen LogP contribution in [-0.2, 0) is 0 Å². The highest BCUT2D eigenvalue weighted by Crippen LogP contribution is 2.22. The van der Waals surface area contributed by atoms with Gasteiger partial charge in [0.2, 0.25) is 0 Å². The van der Waals surface area contributed by atoms with Crippen LogP contribution in [0.4, 0.5) is 0 Å². The van der Waals surface area contributed by atoms with E-state index in [4.69, 9.17) is 0 Å². The molecule has 2 nitrogen and oxygen atoms in total. The highest BCUT2D eigenvalue weighted by atomic mass is 32.2. The van der Waals surface area contributed by atoms with E-state index in [9.17, 15) is 0 Å². The first-order valence-corrected chi connectivity index (χ1v) is 7.79. The summed E-state index contributed by atoms with van der Waals surface area (Å²) in [7, 11) is 0. The van der Waals surface area contributed by atoms with Crippen molar-refractivity contribution in [3.63, 3.8) is 0 Å². The Balaban J connectivity index is 1.69. The van der Waals surface area contributed by atoms with Gasteiger partial charge in [-0.2, -0.15) is 23.5 Å². The standard InChI is InChI=1S/C10H20N2S2/c1-13-9-2-4-12(7-9)8-10-6-11-3-5-14-10/h9-11H,2-8H2,1H3. The highest BCUT2D eigenvalue weighted by molar-refractivity contribution is 8.00. The molecule has 0 saturated carbocycles. The van der Waals surface area contributed by atoms with Crippen LogP contribution in [0.15, 0.2) is 0 Å². The van der Waals surface area contributed by atoms with Crippen LogP contribution in [0, 0.1) is 0 Å². The van der Waals surface area contributed by atoms with E-state index < -0.39 is 0 Å². The zero-order valence-corrected chi connectivity index (χ0v) is 10.5. The Hall–Kier alpha value is 0.620. The van der Waals surface area contributed by atoms with Gasteiger partial charge in [-0.05, 0) is 19.2 Å². The van der Waals surface area contributed by atoms with Crippen LogP contribution < -0.4 is 5.32 Å². The molecular formula is C10H20N2S2. The molecule has 4 heteroatoms. The molecule has 2 atom stereocenters. The lowest BCUT2D eigenvalue weighted by molar-refractivity contribution is 0.335. The SMILES string of the molecule is CSC1CCN(CC2CNCCS2)C1. The predicted octanol–water partition coefficient (Wildman–Crippen LogP) is 1.13. The molecule has 0 aliphatic carbocycles. The minimum Gasteiger partial charge on any atom is -0.315 e. The topological polar surface area (TPSA) is 15.3 Å². The molecule has 0 radical (unpaired) electrons. The van der Waals surface area contributed by atoms with Crippen molar-refractivity contribution in [3.8, 4) is 0 Å². The molecule has 2 aliphatic rings. The first-order chi connectivity index (χ1) is 6.88. The second-order valence-corrected chi connectivity index (χ2v) is 6.65. The molecule has 1 N–H and O–H groups in total. The summed E-state index contributed by atoms with van der Waals surface area (Å²) in [5.41, 5.74) is 0. The fourth-order valence-corrected chi connectivity index (χ4v) is 4.03. The van der Waals surface area contributed by atoms with E-state index in [-0.39, 0.29) is 0 Å². The predicted molar refractivity (Wildman–Crippen MR) is 67.5 cm³/mol. The number of hydrogen-bond donors (Lipinski definition) is 1. The molecule has 2 rings (SSSR count). The van der Waals surface area contributed by atoms with Crippen LogP contribution in [0.2, 0.25) is 0 Å². The molecule has 0 spiro atoms. The molecular weight excluding hydrogens is 212 g/mol. The number of nitrogens with one attached hydrogen (secondary N) is 1. The second-order valence-electron chi connectivity index (χ2n) is 4.10. The van der Waals surface area contributed by atoms with Gasteiger partial charge in [0.1, 0.15) is 0 Å². The largest absolute Gasteiger partial charge is 0.315 e. The Morgan fingerprint density at radius 3 is 3.14 bits per heavy atom. The Morgan fingerprint density at radius 1 is 1.57 bits per heavy atom. The zero-order valence-electron chi connectivity index (χ0n) is 8.87. The molecule has 0 bridgehead atoms. The fraction of sp³-hybridized carbons (Fsp3) is 1.00. The van der Waals surface area contributed by atoms with Gasteiger partial charge in [-0.3, -0.25) is 0 Å². The molecule has 0 amide bonds. The first-order valence-electron chi connectivity index (χ1n) is 5.46. The summed E-state index contributed by atoms with van der Waals surface area (Å²) in [5, 5.41) is 5.22. The smallest absolute Gasteiger partial charge is 0.0300 e. The number of likely N-dealkylation sites (tertiary alicyclic amines) is 1. The lowest BCUT2D eigenvalue weighted by atomic mass is 10.3. The highest BCUT2D eigenvalue weighted by Gasteiger charge is 2.24. The summed E-state index contributed by atoms with van der Waals surface area (Å²) in [6.07, 6.45) is 3.64. The first kappa shape index (κ1) is 11.1. The zero-order chi connectivity index (χ0) is 9.80. The summed E-state index contributed by atoms with van der Waals surface area (Å²) in [5.74, 6) is 1.30. The Morgan fingerprint density at radius 2 is 2.50 bits per heavy atom. The molecule has 2 aliphatic heterocycles. The molecule has 2 saturated heterocycles. The summed E-state index contributed by atoms with van der Waals surface area (Å²) >= 11 is 4.18. The molecule has 0 aromatic heterocycles. The Bertz CT molecular complexity index is 172. The molecule has 0 aromatic carbocycles. The summed E-state index contributed by atoms with van der Waals surface area (Å²) in [6, 6.07) is 0. The molecule has 2 heterocycles. The monoisotopic (exact) mass is 232 g/mol. The van der Waals surface area contributed by atoms with Crippen LogP contribution in [0.3, 0.4) is 0 Å². The van der Waals surface area contributed by atoms with Crippen LogP contribution in [0.5, 0.6) is 0 Å². The lowest BCUT2D eigenvalue weighted by Crippen LogP contribution is -2.40. The number of nitrogens with zero attached hydrogens (tertiary/aromatic N) is 1. The summed E-state index contributed by atoms with van der Waals surface area (Å²) in [6.45, 7) is 6.36. The van der Waals surface area contributed by atoms with Crippen molar-refractivity contribution >= 4 is 23.5 Å². The third-order valence-corrected chi connectivity index (χ3v) is 5.31. The van der Waals surface area contributed by atoms with E-state index >= 15 is 0 Å². The van der Waals surface area contributed by atoms with Crippen molar-refractivity contribution in [2.45, 2.75) is 16.9 Å². The van der Waals surface area contributed by atoms with Crippen molar-refractivity contribution in [3.05, 3.63) is 0 Å². The van der Waals surface area contributed by atoms with Crippen molar-refractivity contribution in [2.24, 2.45) is 0 Å². The van der Waals surface area contributed by atoms with Crippen LogP contribution in [-0.4, -0.2) is 60.1 Å². The summed E-state index contributed by atoms with van der Waals surface area (Å²) < 4.78 is 0. The van der Waals surface area contributed by atoms with Crippen LogP contribution in [0.1, 0.15) is 6.42 Å². The van der Waals surface area contributed by atoms with E-state index in [1.54, 1.807) is 0 Å². The van der Waals surface area contributed by atoms with E-state index in [1.807, 2.05) is 11.8 Å². The van der Waals surface area contributed by atoms with Gasteiger partial charge >= 0.3 is 0 Å². The molecule has 0 aromatic rings. The minimum atomic E-state index is 0.837. The Kier molecular flexibility index (Phi) is 4.47. The van der Waals surface area contributed by atoms with Gasteiger partial charge in [-0.25, -0.2) is 0 Å². The molecule has 14 heavy (non-hydrogen) atoms. The molecule has 2 fully saturated rings. The van der Waals surface area contributed by atoms with Gasteiger partial charge in [0.05, 0.1) is 0 Å². The summed E-state index contributed by atoms with van der Waals surface area (Å²) in [4.78, 5) is 2.64. The van der Waals surface area contributed by atoms with E-state index in [2.05, 4.69) is 28.2 Å². The number of hydrogen-bond acceptors (Lipinski definition) is 4. The Labute approximate surface area is 95.6 Å². The van der Waals surface area contributed by atoms with Gasteiger partial charge < -0.3 is 10.2 Å². The fourth-order valence-electron chi connectivity index (χ4n) is 2.18. The second kappa shape index (κ2) is 5.64. The average molecular weight is 232 g/mol. The van der Waals surface area contributed by atoms with E-state index in [0.29, 0.717) is 0 Å². The molecule has 82 valence electrons. The van der Waals surface area contributed by atoms with Crippen molar-refractivity contribution in [1.82, 2.24) is 10.2 Å². The van der Waals surface area contributed by atoms with Crippen LogP contribution in [0.25, 0.3) is 0 Å². The third-order valence-electron chi connectivity index (χ3n) is 3.03. The molecule has 2 unspecified atom stereocenters. The maximum atomic E-state index is 3.48. The maximum Gasteiger partial charge on any atom is 0.0300 e. The minimum absolute atomic E-state index is 0.837. The van der Waals surface area contributed by atoms with Crippen molar-refractivity contribution in [2.75, 3.05) is 44.7 Å². The van der Waals surface area contributed by atoms with E-state index in [1.165, 1.54) is 44.9 Å². The number of rotatable bonds is 3. The van der Waals surface area contributed by atoms with Gasteiger partial charge in [0.15, 0.2) is 0 Å². The van der Waals surface area contributed by atoms with Crippen molar-refractivity contribution in [1.29, 1.82) is 0 Å². The van der Waals surface area contributed by atoms with Gasteiger partial charge in [-0.1, -0.05) is 0 Å². The van der Waals surface area contributed by atoms with Gasteiger partial charge in [0.25, 0.3) is 0 Å². The van der Waals surface area contributed by atoms with Crippen molar-refractivity contribution < 1.29 is 0 Å². The van der Waals surface area contributed by atoms with E-state index in [0.717, 1.165) is 10.5 Å². The maximum absolute atomic E-state index is 3.48. The number of thioether (sulfide) groups is 2. The van der Waals surface area contributed by atoms with Gasteiger partial charge in [0, 0.05) is 42.4 Å². The quantitative estimate of drug-likeness (QED) is 0.784. The van der Waals surface area contributed by atoms with Crippen LogP contribution >= 0.6 is 23.5 Å². The normalized spacial score (nSPS) is 34.9. The lowest BCUT2D eigenvalue weighted by Gasteiger charge is -2.26. The van der Waals surface area contributed by atoms with Gasteiger partial charge in [-0.15, -0.1) is 0 Å².